The second kappa shape index (κ2) is 6.17. The van der Waals surface area contributed by atoms with Gasteiger partial charge in [0.15, 0.2) is 4.90 Å². The van der Waals surface area contributed by atoms with Crippen molar-refractivity contribution in [1.82, 2.24) is 4.98 Å². The van der Waals surface area contributed by atoms with Gasteiger partial charge in [-0.1, -0.05) is 12.1 Å². The van der Waals surface area contributed by atoms with E-state index in [1.54, 1.807) is 24.5 Å². The first kappa shape index (κ1) is 16.7. The van der Waals surface area contributed by atoms with E-state index in [1.165, 1.54) is 0 Å². The first-order valence-corrected chi connectivity index (χ1v) is 9.42. The van der Waals surface area contributed by atoms with Crippen molar-refractivity contribution in [1.29, 1.82) is 0 Å². The number of pyridine rings is 1. The molecule has 0 fully saturated rings. The van der Waals surface area contributed by atoms with Gasteiger partial charge in [0.2, 0.25) is 0 Å². The van der Waals surface area contributed by atoms with Crippen LogP contribution in [0, 0.1) is 11.6 Å². The van der Waals surface area contributed by atoms with Crippen molar-refractivity contribution in [3.05, 3.63) is 78.1 Å². The summed E-state index contributed by atoms with van der Waals surface area (Å²) in [6.45, 7) is 0.144. The van der Waals surface area contributed by atoms with Crippen LogP contribution in [0.3, 0.4) is 0 Å². The molecule has 4 rings (SSSR count). The summed E-state index contributed by atoms with van der Waals surface area (Å²) in [4.78, 5) is 3.07. The molecule has 0 unspecified atom stereocenters. The number of hydrogen-bond acceptors (Lipinski definition) is 3. The molecule has 7 heteroatoms. The number of fused-ring (bicyclic) bond motifs is 1. The number of rotatable bonds is 3. The third-order valence-electron chi connectivity index (χ3n) is 4.41. The summed E-state index contributed by atoms with van der Waals surface area (Å²) in [5, 5.41) is 0. The van der Waals surface area contributed by atoms with E-state index in [1.807, 2.05) is 18.2 Å². The Kier molecular flexibility index (Phi) is 3.96. The molecule has 0 N–H and O–H groups in total. The molecule has 1 aliphatic heterocycles. The Bertz CT molecular complexity index is 1070. The van der Waals surface area contributed by atoms with Gasteiger partial charge < -0.3 is 0 Å². The normalized spacial score (nSPS) is 13.7. The summed E-state index contributed by atoms with van der Waals surface area (Å²) in [5.41, 5.74) is 3.16. The van der Waals surface area contributed by atoms with Gasteiger partial charge in [0.05, 0.1) is 5.69 Å². The lowest BCUT2D eigenvalue weighted by atomic mass is 10.0. The van der Waals surface area contributed by atoms with Crippen molar-refractivity contribution in [2.45, 2.75) is 11.3 Å². The Morgan fingerprint density at radius 3 is 2.31 bits per heavy atom. The summed E-state index contributed by atoms with van der Waals surface area (Å²) < 4.78 is 54.8. The first-order chi connectivity index (χ1) is 12.5. The SMILES string of the molecule is O=S(=O)(c1c(F)cccc1F)N1CCc2cc(-c3ccncc3)ccc21. The van der Waals surface area contributed by atoms with E-state index in [4.69, 9.17) is 0 Å². The first-order valence-electron chi connectivity index (χ1n) is 7.98. The van der Waals surface area contributed by atoms with Crippen molar-refractivity contribution in [2.75, 3.05) is 10.8 Å². The van der Waals surface area contributed by atoms with Gasteiger partial charge in [-0.15, -0.1) is 0 Å². The monoisotopic (exact) mass is 372 g/mol. The zero-order valence-electron chi connectivity index (χ0n) is 13.6. The molecule has 132 valence electrons. The Balaban J connectivity index is 1.77. The Morgan fingerprint density at radius 1 is 0.923 bits per heavy atom. The number of sulfonamides is 1. The molecule has 2 aromatic carbocycles. The van der Waals surface area contributed by atoms with Crippen LogP contribution in [0.1, 0.15) is 5.56 Å². The Hall–Kier alpha value is -2.80. The van der Waals surface area contributed by atoms with Crippen molar-refractivity contribution in [2.24, 2.45) is 0 Å². The van der Waals surface area contributed by atoms with Crippen molar-refractivity contribution < 1.29 is 17.2 Å². The van der Waals surface area contributed by atoms with E-state index in [0.29, 0.717) is 12.1 Å². The molecular formula is C19H14F2N2O2S. The van der Waals surface area contributed by atoms with E-state index < -0.39 is 26.6 Å². The van der Waals surface area contributed by atoms with Crippen LogP contribution in [-0.4, -0.2) is 19.9 Å². The lowest BCUT2D eigenvalue weighted by molar-refractivity contribution is 0.518. The molecule has 0 saturated carbocycles. The number of aromatic nitrogens is 1. The minimum absolute atomic E-state index is 0.144. The molecule has 2 heterocycles. The fraction of sp³-hybridized carbons (Fsp3) is 0.105. The number of benzene rings is 2. The minimum atomic E-state index is -4.32. The van der Waals surface area contributed by atoms with Crippen molar-refractivity contribution in [3.63, 3.8) is 0 Å². The van der Waals surface area contributed by atoms with E-state index in [0.717, 1.165) is 39.2 Å². The fourth-order valence-electron chi connectivity index (χ4n) is 3.18. The molecule has 0 saturated heterocycles. The van der Waals surface area contributed by atoms with Gasteiger partial charge in [-0.2, -0.15) is 0 Å². The maximum Gasteiger partial charge on any atom is 0.270 e. The summed E-state index contributed by atoms with van der Waals surface area (Å²) in [7, 11) is -4.32. The molecule has 1 aromatic heterocycles. The molecule has 0 bridgehead atoms. The number of nitrogens with zero attached hydrogens (tertiary/aromatic N) is 2. The van der Waals surface area contributed by atoms with Gasteiger partial charge in [0, 0.05) is 18.9 Å². The molecule has 0 atom stereocenters. The highest BCUT2D eigenvalue weighted by molar-refractivity contribution is 7.92. The van der Waals surface area contributed by atoms with E-state index in [2.05, 4.69) is 4.98 Å². The maximum atomic E-state index is 14.0. The average Bonchev–Trinajstić information content (AvgIpc) is 3.06. The molecule has 4 nitrogen and oxygen atoms in total. The van der Waals surface area contributed by atoms with Crippen LogP contribution >= 0.6 is 0 Å². The standard InChI is InChI=1S/C19H14F2N2O2S/c20-16-2-1-3-17(21)19(16)26(24,25)23-11-8-15-12-14(4-5-18(15)23)13-6-9-22-10-7-13/h1-7,9-10,12H,8,11H2. The van der Waals surface area contributed by atoms with Gasteiger partial charge in [0.1, 0.15) is 11.6 Å². The molecule has 26 heavy (non-hydrogen) atoms. The lowest BCUT2D eigenvalue weighted by Crippen LogP contribution is -2.30. The smallest absolute Gasteiger partial charge is 0.266 e. The van der Waals surface area contributed by atoms with Gasteiger partial charge in [0.25, 0.3) is 10.0 Å². The lowest BCUT2D eigenvalue weighted by Gasteiger charge is -2.20. The van der Waals surface area contributed by atoms with Crippen LogP contribution in [0.15, 0.2) is 65.8 Å². The molecular weight excluding hydrogens is 358 g/mol. The highest BCUT2D eigenvalue weighted by Gasteiger charge is 2.35. The quantitative estimate of drug-likeness (QED) is 0.703. The van der Waals surface area contributed by atoms with Gasteiger partial charge >= 0.3 is 0 Å². The van der Waals surface area contributed by atoms with Crippen LogP contribution in [0.2, 0.25) is 0 Å². The van der Waals surface area contributed by atoms with Gasteiger partial charge in [-0.05, 0) is 59.5 Å². The summed E-state index contributed by atoms with van der Waals surface area (Å²) in [6.07, 6.45) is 3.84. The van der Waals surface area contributed by atoms with Crippen LogP contribution in [-0.2, 0) is 16.4 Å². The largest absolute Gasteiger partial charge is 0.270 e. The Morgan fingerprint density at radius 2 is 1.62 bits per heavy atom. The van der Waals surface area contributed by atoms with Crippen LogP contribution in [0.25, 0.3) is 11.1 Å². The van der Waals surface area contributed by atoms with Crippen molar-refractivity contribution in [3.8, 4) is 11.1 Å². The highest BCUT2D eigenvalue weighted by atomic mass is 32.2. The maximum absolute atomic E-state index is 14.0. The van der Waals surface area contributed by atoms with Crippen LogP contribution < -0.4 is 4.31 Å². The number of hydrogen-bond donors (Lipinski definition) is 0. The second-order valence-electron chi connectivity index (χ2n) is 5.96. The number of anilines is 1. The zero-order chi connectivity index (χ0) is 18.3. The summed E-state index contributed by atoms with van der Waals surface area (Å²) >= 11 is 0. The second-order valence-corrected chi connectivity index (χ2v) is 7.76. The topological polar surface area (TPSA) is 50.3 Å². The molecule has 0 spiro atoms. The molecule has 3 aromatic rings. The molecule has 0 amide bonds. The molecule has 0 aliphatic carbocycles. The minimum Gasteiger partial charge on any atom is -0.266 e. The Labute approximate surface area is 149 Å². The average molecular weight is 372 g/mol. The number of halogens is 2. The molecule has 0 radical (unpaired) electrons. The van der Waals surface area contributed by atoms with Crippen LogP contribution in [0.5, 0.6) is 0 Å². The third kappa shape index (κ3) is 2.64. The predicted molar refractivity (Wildman–Crippen MR) is 94.3 cm³/mol. The summed E-state index contributed by atoms with van der Waals surface area (Å²) in [5.74, 6) is -2.18. The summed E-state index contributed by atoms with van der Waals surface area (Å²) in [6, 6.07) is 12.1. The van der Waals surface area contributed by atoms with E-state index in [9.17, 15) is 17.2 Å². The zero-order valence-corrected chi connectivity index (χ0v) is 14.4. The van der Waals surface area contributed by atoms with Crippen molar-refractivity contribution >= 4 is 15.7 Å². The van der Waals surface area contributed by atoms with Crippen LogP contribution in [0.4, 0.5) is 14.5 Å². The van der Waals surface area contributed by atoms with Gasteiger partial charge in [-0.3, -0.25) is 9.29 Å². The third-order valence-corrected chi connectivity index (χ3v) is 6.28. The fourth-order valence-corrected chi connectivity index (χ4v) is 4.80. The predicted octanol–water partition coefficient (Wildman–Crippen LogP) is 3.78. The highest BCUT2D eigenvalue weighted by Crippen LogP contribution is 2.36. The molecule has 1 aliphatic rings. The van der Waals surface area contributed by atoms with E-state index in [-0.39, 0.29) is 6.54 Å². The van der Waals surface area contributed by atoms with E-state index >= 15 is 0 Å². The van der Waals surface area contributed by atoms with Gasteiger partial charge in [-0.25, -0.2) is 17.2 Å².